The summed E-state index contributed by atoms with van der Waals surface area (Å²) in [6.07, 6.45) is 1.29. The van der Waals surface area contributed by atoms with E-state index in [1.165, 1.54) is 33.3 Å². The summed E-state index contributed by atoms with van der Waals surface area (Å²) in [5, 5.41) is 12.1. The molecule has 0 saturated heterocycles. The standard InChI is InChI=1S/C25H22N4O3S2/c30-24(26-25-28-27-23(33-25)15-18-7-2-1-3-8-18)20-11-6-12-22(16-20)34(31,32)29-14-13-19-9-4-5-10-21(19)17-29/h1-12,16H,13-15,17H2,(H,26,28,30). The molecule has 1 amide bonds. The minimum Gasteiger partial charge on any atom is -0.296 e. The Balaban J connectivity index is 1.30. The summed E-state index contributed by atoms with van der Waals surface area (Å²) in [6.45, 7) is 0.731. The van der Waals surface area contributed by atoms with Crippen LogP contribution in [0.4, 0.5) is 5.13 Å². The summed E-state index contributed by atoms with van der Waals surface area (Å²) in [5.74, 6) is -0.427. The van der Waals surface area contributed by atoms with E-state index < -0.39 is 15.9 Å². The quantitative estimate of drug-likeness (QED) is 0.439. The van der Waals surface area contributed by atoms with Gasteiger partial charge in [0.2, 0.25) is 15.2 Å². The molecule has 0 atom stereocenters. The lowest BCUT2D eigenvalue weighted by Gasteiger charge is -2.28. The average molecular weight is 491 g/mol. The smallest absolute Gasteiger partial charge is 0.257 e. The first-order valence-corrected chi connectivity index (χ1v) is 13.1. The van der Waals surface area contributed by atoms with Gasteiger partial charge < -0.3 is 0 Å². The van der Waals surface area contributed by atoms with E-state index in [2.05, 4.69) is 15.5 Å². The number of nitrogens with one attached hydrogen (secondary N) is 1. The third-order valence-corrected chi connectivity index (χ3v) is 8.39. The Kier molecular flexibility index (Phi) is 6.23. The number of carbonyl (C=O) groups is 1. The van der Waals surface area contributed by atoms with Crippen LogP contribution in [0, 0.1) is 0 Å². The number of fused-ring (bicyclic) bond motifs is 1. The molecule has 2 heterocycles. The van der Waals surface area contributed by atoms with Gasteiger partial charge in [-0.25, -0.2) is 8.42 Å². The molecule has 34 heavy (non-hydrogen) atoms. The van der Waals surface area contributed by atoms with Crippen molar-refractivity contribution in [2.45, 2.75) is 24.3 Å². The third kappa shape index (κ3) is 4.77. The summed E-state index contributed by atoms with van der Waals surface area (Å²) in [4.78, 5) is 12.9. The van der Waals surface area contributed by atoms with Crippen LogP contribution in [0.25, 0.3) is 0 Å². The van der Waals surface area contributed by atoms with E-state index >= 15 is 0 Å². The molecular formula is C25H22N4O3S2. The monoisotopic (exact) mass is 490 g/mol. The molecule has 1 aliphatic rings. The predicted octanol–water partition coefficient (Wildman–Crippen LogP) is 4.13. The van der Waals surface area contributed by atoms with Crippen molar-refractivity contribution in [1.82, 2.24) is 14.5 Å². The summed E-state index contributed by atoms with van der Waals surface area (Å²) in [5.41, 5.74) is 3.53. The number of anilines is 1. The van der Waals surface area contributed by atoms with Gasteiger partial charge in [0.25, 0.3) is 5.91 Å². The van der Waals surface area contributed by atoms with Crippen molar-refractivity contribution in [3.63, 3.8) is 0 Å². The van der Waals surface area contributed by atoms with Crippen LogP contribution in [-0.2, 0) is 29.4 Å². The molecule has 0 aliphatic carbocycles. The summed E-state index contributed by atoms with van der Waals surface area (Å²) in [7, 11) is -3.74. The molecule has 0 spiro atoms. The van der Waals surface area contributed by atoms with E-state index in [4.69, 9.17) is 0 Å². The molecule has 0 unspecified atom stereocenters. The van der Waals surface area contributed by atoms with E-state index in [9.17, 15) is 13.2 Å². The average Bonchev–Trinajstić information content (AvgIpc) is 3.30. The Morgan fingerprint density at radius 2 is 1.71 bits per heavy atom. The van der Waals surface area contributed by atoms with E-state index in [-0.39, 0.29) is 10.5 Å². The van der Waals surface area contributed by atoms with Gasteiger partial charge in [0.05, 0.1) is 4.90 Å². The first kappa shape index (κ1) is 22.4. The number of nitrogens with zero attached hydrogens (tertiary/aromatic N) is 3. The summed E-state index contributed by atoms with van der Waals surface area (Å²) < 4.78 is 28.0. The van der Waals surface area contributed by atoms with Gasteiger partial charge in [-0.05, 0) is 41.3 Å². The molecule has 172 valence electrons. The number of rotatable bonds is 6. The van der Waals surface area contributed by atoms with Gasteiger partial charge in [-0.2, -0.15) is 4.31 Å². The topological polar surface area (TPSA) is 92.3 Å². The van der Waals surface area contributed by atoms with Gasteiger partial charge in [-0.15, -0.1) is 10.2 Å². The molecule has 3 aromatic carbocycles. The molecule has 0 saturated carbocycles. The zero-order chi connectivity index (χ0) is 23.5. The van der Waals surface area contributed by atoms with Crippen LogP contribution in [0.1, 0.15) is 32.1 Å². The summed E-state index contributed by atoms with van der Waals surface area (Å²) >= 11 is 1.30. The second kappa shape index (κ2) is 9.46. The van der Waals surface area contributed by atoms with Crippen LogP contribution in [0.3, 0.4) is 0 Å². The van der Waals surface area contributed by atoms with Gasteiger partial charge in [-0.3, -0.25) is 10.1 Å². The number of carbonyl (C=O) groups excluding carboxylic acids is 1. The highest BCUT2D eigenvalue weighted by atomic mass is 32.2. The summed E-state index contributed by atoms with van der Waals surface area (Å²) in [6, 6.07) is 23.9. The number of hydrogen-bond acceptors (Lipinski definition) is 6. The van der Waals surface area contributed by atoms with Gasteiger partial charge in [0.15, 0.2) is 0 Å². The van der Waals surface area contributed by atoms with Crippen LogP contribution in [-0.4, -0.2) is 35.4 Å². The largest absolute Gasteiger partial charge is 0.296 e. The van der Waals surface area contributed by atoms with Gasteiger partial charge in [0, 0.05) is 25.1 Å². The molecule has 1 N–H and O–H groups in total. The van der Waals surface area contributed by atoms with Crippen molar-refractivity contribution < 1.29 is 13.2 Å². The lowest BCUT2D eigenvalue weighted by atomic mass is 10.0. The van der Waals surface area contributed by atoms with E-state index in [1.807, 2.05) is 54.6 Å². The number of benzene rings is 3. The molecule has 0 fully saturated rings. The lowest BCUT2D eigenvalue weighted by molar-refractivity contribution is 0.102. The minimum atomic E-state index is -3.74. The first-order valence-electron chi connectivity index (χ1n) is 10.8. The number of amides is 1. The fourth-order valence-corrected chi connectivity index (χ4v) is 6.17. The Labute approximate surface area is 202 Å². The maximum Gasteiger partial charge on any atom is 0.257 e. The highest BCUT2D eigenvalue weighted by Gasteiger charge is 2.28. The van der Waals surface area contributed by atoms with Crippen LogP contribution >= 0.6 is 11.3 Å². The number of aromatic nitrogens is 2. The fraction of sp³-hybridized carbons (Fsp3) is 0.160. The number of hydrogen-bond donors (Lipinski definition) is 1. The van der Waals surface area contributed by atoms with Crippen molar-refractivity contribution in [3.8, 4) is 0 Å². The second-order valence-corrected chi connectivity index (χ2v) is 11.0. The SMILES string of the molecule is O=C(Nc1nnc(Cc2ccccc2)s1)c1cccc(S(=O)(=O)N2CCc3ccccc3C2)c1. The molecule has 0 radical (unpaired) electrons. The third-order valence-electron chi connectivity index (χ3n) is 5.72. The van der Waals surface area contributed by atoms with Crippen molar-refractivity contribution in [1.29, 1.82) is 0 Å². The van der Waals surface area contributed by atoms with Crippen molar-refractivity contribution in [2.75, 3.05) is 11.9 Å². The van der Waals surface area contributed by atoms with Crippen LogP contribution < -0.4 is 5.32 Å². The molecule has 7 nitrogen and oxygen atoms in total. The molecule has 5 rings (SSSR count). The first-order chi connectivity index (χ1) is 16.5. The van der Waals surface area contributed by atoms with Crippen LogP contribution in [0.15, 0.2) is 83.8 Å². The van der Waals surface area contributed by atoms with Crippen molar-refractivity contribution >= 4 is 32.4 Å². The zero-order valence-corrected chi connectivity index (χ0v) is 19.8. The minimum absolute atomic E-state index is 0.0987. The second-order valence-electron chi connectivity index (χ2n) is 8.00. The molecular weight excluding hydrogens is 468 g/mol. The van der Waals surface area contributed by atoms with Crippen LogP contribution in [0.5, 0.6) is 0 Å². The van der Waals surface area contributed by atoms with Gasteiger partial charge in [0.1, 0.15) is 5.01 Å². The maximum atomic E-state index is 13.3. The highest BCUT2D eigenvalue weighted by Crippen LogP contribution is 2.26. The number of sulfonamides is 1. The molecule has 4 aromatic rings. The maximum absolute atomic E-state index is 13.3. The fourth-order valence-electron chi connectivity index (χ4n) is 3.94. The predicted molar refractivity (Wildman–Crippen MR) is 131 cm³/mol. The Morgan fingerprint density at radius 1 is 0.941 bits per heavy atom. The zero-order valence-electron chi connectivity index (χ0n) is 18.2. The van der Waals surface area contributed by atoms with Gasteiger partial charge >= 0.3 is 0 Å². The Hall–Kier alpha value is -3.40. The van der Waals surface area contributed by atoms with Crippen molar-refractivity contribution in [3.05, 3.63) is 106 Å². The van der Waals surface area contributed by atoms with Crippen molar-refractivity contribution in [2.24, 2.45) is 0 Å². The highest BCUT2D eigenvalue weighted by molar-refractivity contribution is 7.89. The molecule has 9 heteroatoms. The van der Waals surface area contributed by atoms with E-state index in [1.54, 1.807) is 12.1 Å². The Morgan fingerprint density at radius 3 is 2.53 bits per heavy atom. The molecule has 1 aromatic heterocycles. The normalized spacial score (nSPS) is 13.9. The van der Waals surface area contributed by atoms with Crippen LogP contribution in [0.2, 0.25) is 0 Å². The Bertz CT molecular complexity index is 1440. The lowest BCUT2D eigenvalue weighted by Crippen LogP contribution is -2.36. The van der Waals surface area contributed by atoms with E-state index in [0.29, 0.717) is 31.1 Å². The van der Waals surface area contributed by atoms with E-state index in [0.717, 1.165) is 16.1 Å². The molecule has 1 aliphatic heterocycles. The van der Waals surface area contributed by atoms with Gasteiger partial charge in [-0.1, -0.05) is 72.0 Å². The molecule has 0 bridgehead atoms.